The second-order valence-electron chi connectivity index (χ2n) is 18.1. The molecule has 4 aromatic rings. The van der Waals surface area contributed by atoms with Gasteiger partial charge < -0.3 is 9.80 Å². The lowest BCUT2D eigenvalue weighted by atomic mass is 9.78. The van der Waals surface area contributed by atoms with E-state index in [4.69, 9.17) is 11.6 Å². The van der Waals surface area contributed by atoms with Gasteiger partial charge in [-0.15, -0.1) is 0 Å². The summed E-state index contributed by atoms with van der Waals surface area (Å²) in [7, 11) is -17.2. The first-order valence-electron chi connectivity index (χ1n) is 21.2. The highest BCUT2D eigenvalue weighted by molar-refractivity contribution is 7.86. The second kappa shape index (κ2) is 17.8. The molecule has 0 bridgehead atoms. The molecular weight excluding hydrogens is 936 g/mol. The number of unbranched alkanes of at least 4 members (excludes halogenated alkanes) is 2. The summed E-state index contributed by atoms with van der Waals surface area (Å²) < 4.78 is 133. The van der Waals surface area contributed by atoms with Gasteiger partial charge in [0.2, 0.25) is 0 Å². The molecule has 4 aromatic carbocycles. The highest BCUT2D eigenvalue weighted by Crippen LogP contribution is 2.52. The summed E-state index contributed by atoms with van der Waals surface area (Å²) >= 11 is 7.27. The van der Waals surface area contributed by atoms with Crippen molar-refractivity contribution in [2.75, 3.05) is 34.4 Å². The number of rotatable bonds is 15. The van der Waals surface area contributed by atoms with Crippen molar-refractivity contribution in [3.63, 3.8) is 0 Å². The Labute approximate surface area is 386 Å². The Balaban J connectivity index is 1.25. The van der Waals surface area contributed by atoms with Crippen LogP contribution in [0.1, 0.15) is 83.8 Å². The largest absolute Gasteiger partial charge is 0.364 e. The molecule has 3 aliphatic rings. The summed E-state index contributed by atoms with van der Waals surface area (Å²) in [6.07, 6.45) is 11.7. The Morgan fingerprint density at radius 3 is 1.75 bits per heavy atom. The van der Waals surface area contributed by atoms with Crippen LogP contribution in [0.25, 0.3) is 21.5 Å². The van der Waals surface area contributed by atoms with E-state index in [2.05, 4.69) is 43.6 Å². The van der Waals surface area contributed by atoms with Crippen LogP contribution in [-0.2, 0) is 51.3 Å². The van der Waals surface area contributed by atoms with Crippen LogP contribution in [0.2, 0.25) is 0 Å². The Morgan fingerprint density at radius 1 is 0.662 bits per heavy atom. The molecular formula is C46H53ClN2O12S4. The molecule has 0 aromatic heterocycles. The fourth-order valence-corrected chi connectivity index (χ4v) is 12.3. The summed E-state index contributed by atoms with van der Waals surface area (Å²) in [5, 5.41) is 3.46. The molecule has 1 unspecified atom stereocenters. The monoisotopic (exact) mass is 988 g/mol. The average molecular weight is 990 g/mol. The zero-order chi connectivity index (χ0) is 47.5. The van der Waals surface area contributed by atoms with Crippen LogP contribution < -0.4 is 9.80 Å². The minimum absolute atomic E-state index is 0.215. The van der Waals surface area contributed by atoms with E-state index in [0.717, 1.165) is 56.5 Å². The van der Waals surface area contributed by atoms with E-state index in [1.54, 1.807) is 24.3 Å². The van der Waals surface area contributed by atoms with E-state index in [0.29, 0.717) is 54.6 Å². The molecule has 0 saturated heterocycles. The van der Waals surface area contributed by atoms with Gasteiger partial charge in [-0.25, -0.2) is 0 Å². The van der Waals surface area contributed by atoms with E-state index in [9.17, 15) is 51.9 Å². The molecule has 0 saturated carbocycles. The number of hydrogen-bond donors (Lipinski definition) is 4. The predicted molar refractivity (Wildman–Crippen MR) is 255 cm³/mol. The predicted octanol–water partition coefficient (Wildman–Crippen LogP) is 9.13. The van der Waals surface area contributed by atoms with Crippen LogP contribution in [0.4, 0.5) is 11.4 Å². The second-order valence-corrected chi connectivity index (χ2v) is 24.4. The normalized spacial score (nSPS) is 20.2. The molecule has 2 aliphatic heterocycles. The first kappa shape index (κ1) is 48.8. The van der Waals surface area contributed by atoms with Gasteiger partial charge in [0, 0.05) is 46.0 Å². The number of halogens is 1. The molecule has 2 heterocycles. The summed E-state index contributed by atoms with van der Waals surface area (Å²) in [4.78, 5) is 3.88. The summed E-state index contributed by atoms with van der Waals surface area (Å²) in [6.45, 7) is 9.19. The molecule has 7 rings (SSSR count). The number of fused-ring (bicyclic) bond motifs is 6. The standard InChI is InChI=1S/C46H53ClN2O12S4/c1-45(2)40(48(24-5-7-26-62(50,51)52)38-20-12-32-28-34(64(56,57)58)16-18-36(32)42(38)45)22-14-30-10-9-11-31(44(30)47)15-23-41-46(3,4)43-37-19-17-35(65(59,60)61)29-33(37)13-21-39(43)49(41)25-6-8-27-63(53,54)55/h12-23,28-29,40H,5-11,24-27H2,1-4H3,(H,50,51,52)(H,53,54,55)(H,56,57,58)(H,59,60,61). The zero-order valence-corrected chi connectivity index (χ0v) is 40.4. The average Bonchev–Trinajstić information content (AvgIpc) is 3.56. The Bertz CT molecular complexity index is 3180. The van der Waals surface area contributed by atoms with Crippen molar-refractivity contribution in [3.8, 4) is 0 Å². The van der Waals surface area contributed by atoms with Crippen molar-refractivity contribution in [3.05, 3.63) is 118 Å². The fourth-order valence-electron chi connectivity index (χ4n) is 9.85. The van der Waals surface area contributed by atoms with Gasteiger partial charge in [0.25, 0.3) is 40.5 Å². The maximum absolute atomic E-state index is 12.0. The molecule has 14 nitrogen and oxygen atoms in total. The van der Waals surface area contributed by atoms with E-state index in [1.165, 1.54) is 24.3 Å². The topological polar surface area (TPSA) is 224 Å². The molecule has 1 atom stereocenters. The molecule has 350 valence electrons. The third-order valence-corrected chi connectivity index (χ3v) is 16.7. The SMILES string of the molecule is CC1(C)C(=CC=C2CCCC(C=CC3N(CCCCS(=O)(=O)O)c4ccc5cc(S(=O)(=O)O)ccc5c4C3(C)C)=C2Cl)N(CCCCS(=O)(=O)O)c2ccc3cc(S(=O)(=O)O)ccc3c21. The Kier molecular flexibility index (Phi) is 13.4. The molecule has 1 aliphatic carbocycles. The molecule has 0 amide bonds. The summed E-state index contributed by atoms with van der Waals surface area (Å²) in [6, 6.07) is 16.1. The first-order chi connectivity index (χ1) is 30.2. The zero-order valence-electron chi connectivity index (χ0n) is 36.4. The number of anilines is 2. The molecule has 0 radical (unpaired) electrons. The smallest absolute Gasteiger partial charge is 0.294 e. The van der Waals surface area contributed by atoms with Gasteiger partial charge in [0.15, 0.2) is 0 Å². The molecule has 65 heavy (non-hydrogen) atoms. The first-order valence-corrected chi connectivity index (χ1v) is 27.7. The summed E-state index contributed by atoms with van der Waals surface area (Å²) in [5.74, 6) is -0.748. The Morgan fingerprint density at radius 2 is 1.20 bits per heavy atom. The highest BCUT2D eigenvalue weighted by Gasteiger charge is 2.45. The van der Waals surface area contributed by atoms with E-state index < -0.39 is 51.3 Å². The van der Waals surface area contributed by atoms with Crippen LogP contribution in [0, 0.1) is 0 Å². The van der Waals surface area contributed by atoms with Crippen molar-refractivity contribution in [2.24, 2.45) is 0 Å². The molecule has 4 N–H and O–H groups in total. The Hall–Kier alpha value is -4.11. The quantitative estimate of drug-likeness (QED) is 0.0644. The maximum atomic E-state index is 12.0. The van der Waals surface area contributed by atoms with Gasteiger partial charge >= 0.3 is 0 Å². The van der Waals surface area contributed by atoms with Crippen molar-refractivity contribution >= 4 is 85.0 Å². The number of nitrogens with zero attached hydrogens (tertiary/aromatic N) is 2. The van der Waals surface area contributed by atoms with Gasteiger partial charge in [-0.05, 0) is 131 Å². The lowest BCUT2D eigenvalue weighted by molar-refractivity contribution is 0.467. The van der Waals surface area contributed by atoms with Crippen LogP contribution >= 0.6 is 11.6 Å². The van der Waals surface area contributed by atoms with E-state index >= 15 is 0 Å². The lowest BCUT2D eigenvalue weighted by Gasteiger charge is -2.33. The maximum Gasteiger partial charge on any atom is 0.294 e. The van der Waals surface area contributed by atoms with Crippen LogP contribution in [0.15, 0.2) is 117 Å². The van der Waals surface area contributed by atoms with Crippen molar-refractivity contribution in [1.29, 1.82) is 0 Å². The van der Waals surface area contributed by atoms with Crippen LogP contribution in [0.5, 0.6) is 0 Å². The molecule has 0 spiro atoms. The lowest BCUT2D eigenvalue weighted by Crippen LogP contribution is -2.40. The van der Waals surface area contributed by atoms with E-state index in [1.807, 2.05) is 30.4 Å². The van der Waals surface area contributed by atoms with E-state index in [-0.39, 0.29) is 40.2 Å². The van der Waals surface area contributed by atoms with Crippen LogP contribution in [-0.4, -0.2) is 82.5 Å². The number of benzene rings is 4. The van der Waals surface area contributed by atoms with Crippen LogP contribution in [0.3, 0.4) is 0 Å². The summed E-state index contributed by atoms with van der Waals surface area (Å²) in [5.41, 5.74) is 5.19. The minimum Gasteiger partial charge on any atom is -0.364 e. The minimum atomic E-state index is -4.44. The van der Waals surface area contributed by atoms with Crippen molar-refractivity contribution in [1.82, 2.24) is 0 Å². The van der Waals surface area contributed by atoms with Gasteiger partial charge in [-0.1, -0.05) is 81.8 Å². The van der Waals surface area contributed by atoms with Crippen molar-refractivity contribution < 1.29 is 51.9 Å². The molecule has 19 heteroatoms. The van der Waals surface area contributed by atoms with Gasteiger partial charge in [0.05, 0.1) is 27.3 Å². The van der Waals surface area contributed by atoms with Gasteiger partial charge in [0.1, 0.15) is 0 Å². The fraction of sp³-hybridized carbons (Fsp3) is 0.391. The highest BCUT2D eigenvalue weighted by atomic mass is 35.5. The number of allylic oxidation sites excluding steroid dienone is 7. The third kappa shape index (κ3) is 10.3. The third-order valence-electron chi connectivity index (χ3n) is 12.9. The van der Waals surface area contributed by atoms with Gasteiger partial charge in [-0.2, -0.15) is 33.7 Å². The molecule has 0 fully saturated rings. The number of hydrogen-bond acceptors (Lipinski definition) is 10. The van der Waals surface area contributed by atoms with Crippen molar-refractivity contribution in [2.45, 2.75) is 99.3 Å². The van der Waals surface area contributed by atoms with Gasteiger partial charge in [-0.3, -0.25) is 18.2 Å².